The summed E-state index contributed by atoms with van der Waals surface area (Å²) in [5.41, 5.74) is 2.07. The highest BCUT2D eigenvalue weighted by Gasteiger charge is 2.14. The highest BCUT2D eigenvalue weighted by atomic mass is 16.5. The van der Waals surface area contributed by atoms with Gasteiger partial charge in [-0.05, 0) is 36.6 Å². The van der Waals surface area contributed by atoms with E-state index in [1.54, 1.807) is 12.1 Å². The van der Waals surface area contributed by atoms with E-state index in [4.69, 9.17) is 4.74 Å². The van der Waals surface area contributed by atoms with Gasteiger partial charge in [0.05, 0.1) is 12.7 Å². The third-order valence-corrected chi connectivity index (χ3v) is 3.73. The number of carbonyl (C=O) groups excluding carboxylic acids is 1. The van der Waals surface area contributed by atoms with Crippen molar-refractivity contribution in [3.63, 3.8) is 0 Å². The molecule has 0 amide bonds. The van der Waals surface area contributed by atoms with Crippen LogP contribution in [0.3, 0.4) is 0 Å². The number of methoxy groups -OCH3 is 1. The number of carbonyl (C=O) groups is 1. The van der Waals surface area contributed by atoms with Crippen LogP contribution < -0.4 is 4.74 Å². The Balaban J connectivity index is 2.16. The number of phenolic OH excluding ortho intramolecular Hbond substituents is 1. The second kappa shape index (κ2) is 7.64. The first-order valence-corrected chi connectivity index (χ1v) is 7.66. The van der Waals surface area contributed by atoms with E-state index >= 15 is 0 Å². The van der Waals surface area contributed by atoms with Crippen molar-refractivity contribution in [3.05, 3.63) is 59.2 Å². The van der Waals surface area contributed by atoms with E-state index in [1.807, 2.05) is 24.3 Å². The molecule has 0 aliphatic carbocycles. The van der Waals surface area contributed by atoms with Crippen LogP contribution in [0.1, 0.15) is 47.7 Å². The SMILES string of the molecule is CCCCCc1ccc(C(=O)c2cc(OC)ccc2O)cc1. The molecule has 116 valence electrons. The molecule has 1 N–H and O–H groups in total. The van der Waals surface area contributed by atoms with Crippen molar-refractivity contribution in [1.82, 2.24) is 0 Å². The first kappa shape index (κ1) is 16.1. The number of phenols is 1. The van der Waals surface area contributed by atoms with Gasteiger partial charge in [-0.2, -0.15) is 0 Å². The van der Waals surface area contributed by atoms with Crippen LogP contribution in [-0.2, 0) is 6.42 Å². The summed E-state index contributed by atoms with van der Waals surface area (Å²) in [5, 5.41) is 9.88. The van der Waals surface area contributed by atoms with E-state index in [1.165, 1.54) is 38.0 Å². The number of ketones is 1. The summed E-state index contributed by atoms with van der Waals surface area (Å²) in [6, 6.07) is 12.3. The molecule has 0 aliphatic rings. The monoisotopic (exact) mass is 298 g/mol. The molecule has 22 heavy (non-hydrogen) atoms. The molecule has 0 aliphatic heterocycles. The maximum Gasteiger partial charge on any atom is 0.196 e. The minimum atomic E-state index is -0.198. The lowest BCUT2D eigenvalue weighted by atomic mass is 9.99. The Bertz CT molecular complexity index is 630. The van der Waals surface area contributed by atoms with Gasteiger partial charge in [-0.25, -0.2) is 0 Å². The average molecular weight is 298 g/mol. The summed E-state index contributed by atoms with van der Waals surface area (Å²) in [5.74, 6) is 0.326. The molecule has 0 heterocycles. The standard InChI is InChI=1S/C19H22O3/c1-3-4-5-6-14-7-9-15(10-8-14)19(21)17-13-16(22-2)11-12-18(17)20/h7-13,20H,3-6H2,1-2H3. The molecule has 3 nitrogen and oxygen atoms in total. The summed E-state index contributed by atoms with van der Waals surface area (Å²) < 4.78 is 5.11. The molecule has 0 spiro atoms. The van der Waals surface area contributed by atoms with Crippen LogP contribution >= 0.6 is 0 Å². The highest BCUT2D eigenvalue weighted by molar-refractivity contribution is 6.10. The number of aromatic hydroxyl groups is 1. The number of hydrogen-bond donors (Lipinski definition) is 1. The number of rotatable bonds is 7. The zero-order valence-electron chi connectivity index (χ0n) is 13.1. The molecule has 3 heteroatoms. The highest BCUT2D eigenvalue weighted by Crippen LogP contribution is 2.25. The van der Waals surface area contributed by atoms with Crippen molar-refractivity contribution in [2.45, 2.75) is 32.6 Å². The molecule has 0 saturated heterocycles. The molecule has 0 aromatic heterocycles. The van der Waals surface area contributed by atoms with E-state index in [-0.39, 0.29) is 17.1 Å². The second-order valence-corrected chi connectivity index (χ2v) is 5.37. The van der Waals surface area contributed by atoms with Crippen molar-refractivity contribution in [3.8, 4) is 11.5 Å². The van der Waals surface area contributed by atoms with Crippen molar-refractivity contribution in [2.75, 3.05) is 7.11 Å². The lowest BCUT2D eigenvalue weighted by molar-refractivity contribution is 0.103. The van der Waals surface area contributed by atoms with Crippen LogP contribution in [0.2, 0.25) is 0 Å². The van der Waals surface area contributed by atoms with Gasteiger partial charge in [-0.15, -0.1) is 0 Å². The molecular weight excluding hydrogens is 276 g/mol. The fraction of sp³-hybridized carbons (Fsp3) is 0.316. The molecule has 2 aromatic carbocycles. The quantitative estimate of drug-likeness (QED) is 0.610. The van der Waals surface area contributed by atoms with Crippen LogP contribution in [0.15, 0.2) is 42.5 Å². The predicted octanol–water partition coefficient (Wildman–Crippen LogP) is 4.36. The van der Waals surface area contributed by atoms with Crippen LogP contribution in [0, 0.1) is 0 Å². The molecule has 0 unspecified atom stereocenters. The van der Waals surface area contributed by atoms with Gasteiger partial charge in [-0.1, -0.05) is 44.0 Å². The Labute approximate surface area is 131 Å². The van der Waals surface area contributed by atoms with Gasteiger partial charge in [0.15, 0.2) is 5.78 Å². The smallest absolute Gasteiger partial charge is 0.196 e. The summed E-state index contributed by atoms with van der Waals surface area (Å²) in [7, 11) is 1.53. The number of hydrogen-bond acceptors (Lipinski definition) is 3. The largest absolute Gasteiger partial charge is 0.507 e. The molecule has 0 saturated carbocycles. The maximum absolute atomic E-state index is 12.5. The topological polar surface area (TPSA) is 46.5 Å². The Morgan fingerprint density at radius 1 is 1.09 bits per heavy atom. The van der Waals surface area contributed by atoms with E-state index in [0.717, 1.165) is 6.42 Å². The van der Waals surface area contributed by atoms with E-state index in [9.17, 15) is 9.90 Å². The van der Waals surface area contributed by atoms with Gasteiger partial charge >= 0.3 is 0 Å². The normalized spacial score (nSPS) is 10.5. The molecule has 0 atom stereocenters. The van der Waals surface area contributed by atoms with Gasteiger partial charge in [0, 0.05) is 5.56 Å². The lowest BCUT2D eigenvalue weighted by Crippen LogP contribution is -2.02. The summed E-state index contributed by atoms with van der Waals surface area (Å²) in [4.78, 5) is 12.5. The Morgan fingerprint density at radius 3 is 2.45 bits per heavy atom. The predicted molar refractivity (Wildman–Crippen MR) is 87.8 cm³/mol. The van der Waals surface area contributed by atoms with E-state index < -0.39 is 0 Å². The molecule has 0 radical (unpaired) electrons. The molecule has 0 fully saturated rings. The van der Waals surface area contributed by atoms with Crippen molar-refractivity contribution < 1.29 is 14.6 Å². The van der Waals surface area contributed by atoms with Crippen LogP contribution in [0.5, 0.6) is 11.5 Å². The van der Waals surface area contributed by atoms with Gasteiger partial charge in [-0.3, -0.25) is 4.79 Å². The third kappa shape index (κ3) is 3.88. The number of ether oxygens (including phenoxy) is 1. The number of benzene rings is 2. The molecular formula is C19H22O3. The maximum atomic E-state index is 12.5. The fourth-order valence-electron chi connectivity index (χ4n) is 2.38. The molecule has 2 rings (SSSR count). The van der Waals surface area contributed by atoms with Gasteiger partial charge in [0.25, 0.3) is 0 Å². The zero-order chi connectivity index (χ0) is 15.9. The summed E-state index contributed by atoms with van der Waals surface area (Å²) in [6.07, 6.45) is 4.62. The fourth-order valence-corrected chi connectivity index (χ4v) is 2.38. The minimum absolute atomic E-state index is 0.0298. The first-order valence-electron chi connectivity index (χ1n) is 7.66. The summed E-state index contributed by atoms with van der Waals surface area (Å²) >= 11 is 0. The van der Waals surface area contributed by atoms with Gasteiger partial charge < -0.3 is 9.84 Å². The van der Waals surface area contributed by atoms with Gasteiger partial charge in [0.2, 0.25) is 0 Å². The van der Waals surface area contributed by atoms with Crippen molar-refractivity contribution >= 4 is 5.78 Å². The van der Waals surface area contributed by atoms with Gasteiger partial charge in [0.1, 0.15) is 11.5 Å². The Hall–Kier alpha value is -2.29. The average Bonchev–Trinajstić information content (AvgIpc) is 2.55. The zero-order valence-corrected chi connectivity index (χ0v) is 13.1. The van der Waals surface area contributed by atoms with Crippen molar-refractivity contribution in [1.29, 1.82) is 0 Å². The van der Waals surface area contributed by atoms with Crippen LogP contribution in [-0.4, -0.2) is 18.0 Å². The number of aryl methyl sites for hydroxylation is 1. The Kier molecular flexibility index (Phi) is 5.59. The lowest BCUT2D eigenvalue weighted by Gasteiger charge is -2.07. The summed E-state index contributed by atoms with van der Waals surface area (Å²) in [6.45, 7) is 2.18. The molecule has 2 aromatic rings. The van der Waals surface area contributed by atoms with Crippen molar-refractivity contribution in [2.24, 2.45) is 0 Å². The third-order valence-electron chi connectivity index (χ3n) is 3.73. The Morgan fingerprint density at radius 2 is 1.82 bits per heavy atom. The van der Waals surface area contributed by atoms with E-state index in [2.05, 4.69) is 6.92 Å². The van der Waals surface area contributed by atoms with Crippen LogP contribution in [0.25, 0.3) is 0 Å². The van der Waals surface area contributed by atoms with E-state index in [0.29, 0.717) is 11.3 Å². The molecule has 0 bridgehead atoms. The van der Waals surface area contributed by atoms with Crippen LogP contribution in [0.4, 0.5) is 0 Å². The minimum Gasteiger partial charge on any atom is -0.507 e. The second-order valence-electron chi connectivity index (χ2n) is 5.37. The first-order chi connectivity index (χ1) is 10.7. The number of unbranched alkanes of at least 4 members (excludes halogenated alkanes) is 2.